The number of aromatic nitrogens is 1. The lowest BCUT2D eigenvalue weighted by molar-refractivity contribution is -0.0106. The Bertz CT molecular complexity index is 375. The van der Waals surface area contributed by atoms with Gasteiger partial charge in [0.25, 0.3) is 0 Å². The van der Waals surface area contributed by atoms with Crippen molar-refractivity contribution in [3.8, 4) is 0 Å². The predicted molar refractivity (Wildman–Crippen MR) is 67.4 cm³/mol. The number of anilines is 1. The Kier molecular flexibility index (Phi) is 4.20. The summed E-state index contributed by atoms with van der Waals surface area (Å²) in [7, 11) is 0. The van der Waals surface area contributed by atoms with E-state index in [1.165, 1.54) is 0 Å². The van der Waals surface area contributed by atoms with Crippen LogP contribution in [0.4, 0.5) is 5.82 Å². The molecule has 0 saturated carbocycles. The highest BCUT2D eigenvalue weighted by Crippen LogP contribution is 2.24. The SMILES string of the molecule is CC1COC(CO)CN1c1ncccc1CCl. The van der Waals surface area contributed by atoms with E-state index < -0.39 is 0 Å². The first-order valence-corrected chi connectivity index (χ1v) is 6.28. The molecular weight excluding hydrogens is 240 g/mol. The molecule has 17 heavy (non-hydrogen) atoms. The lowest BCUT2D eigenvalue weighted by Crippen LogP contribution is -2.50. The second-order valence-electron chi connectivity index (χ2n) is 4.26. The zero-order valence-corrected chi connectivity index (χ0v) is 10.6. The van der Waals surface area contributed by atoms with Gasteiger partial charge in [-0.25, -0.2) is 4.98 Å². The van der Waals surface area contributed by atoms with Crippen LogP contribution in [0.1, 0.15) is 12.5 Å². The average molecular weight is 257 g/mol. The number of hydrogen-bond acceptors (Lipinski definition) is 4. The third kappa shape index (κ3) is 2.70. The lowest BCUT2D eigenvalue weighted by Gasteiger charge is -2.39. The molecule has 0 bridgehead atoms. The number of alkyl halides is 1. The summed E-state index contributed by atoms with van der Waals surface area (Å²) < 4.78 is 5.51. The quantitative estimate of drug-likeness (QED) is 0.831. The van der Waals surface area contributed by atoms with E-state index in [1.54, 1.807) is 6.20 Å². The molecule has 0 spiro atoms. The summed E-state index contributed by atoms with van der Waals surface area (Å²) in [4.78, 5) is 6.55. The molecule has 4 nitrogen and oxygen atoms in total. The van der Waals surface area contributed by atoms with Crippen LogP contribution in [0, 0.1) is 0 Å². The summed E-state index contributed by atoms with van der Waals surface area (Å²) >= 11 is 5.92. The predicted octanol–water partition coefficient (Wildman–Crippen LogP) is 1.41. The van der Waals surface area contributed by atoms with Crippen LogP contribution in [0.25, 0.3) is 0 Å². The van der Waals surface area contributed by atoms with Crippen molar-refractivity contribution >= 4 is 17.4 Å². The van der Waals surface area contributed by atoms with Crippen molar-refractivity contribution < 1.29 is 9.84 Å². The van der Waals surface area contributed by atoms with Crippen molar-refractivity contribution in [1.82, 2.24) is 4.98 Å². The summed E-state index contributed by atoms with van der Waals surface area (Å²) in [5.41, 5.74) is 1.01. The van der Waals surface area contributed by atoms with Crippen molar-refractivity contribution in [2.75, 3.05) is 24.7 Å². The first kappa shape index (κ1) is 12.6. The van der Waals surface area contributed by atoms with Crippen LogP contribution >= 0.6 is 11.6 Å². The first-order valence-electron chi connectivity index (χ1n) is 5.75. The minimum absolute atomic E-state index is 0.0340. The van der Waals surface area contributed by atoms with Crippen LogP contribution in [-0.2, 0) is 10.6 Å². The molecule has 5 heteroatoms. The van der Waals surface area contributed by atoms with Crippen molar-refractivity contribution in [3.63, 3.8) is 0 Å². The maximum absolute atomic E-state index is 9.17. The van der Waals surface area contributed by atoms with E-state index >= 15 is 0 Å². The number of morpholine rings is 1. The second kappa shape index (κ2) is 5.67. The fourth-order valence-corrected chi connectivity index (χ4v) is 2.22. The Morgan fingerprint density at radius 3 is 3.18 bits per heavy atom. The number of aliphatic hydroxyl groups excluding tert-OH is 1. The molecular formula is C12H17ClN2O2. The largest absolute Gasteiger partial charge is 0.394 e. The van der Waals surface area contributed by atoms with Crippen LogP contribution in [0.2, 0.25) is 0 Å². The molecule has 2 atom stereocenters. The van der Waals surface area contributed by atoms with Gasteiger partial charge in [0.15, 0.2) is 0 Å². The fourth-order valence-electron chi connectivity index (χ4n) is 2.02. The molecule has 0 aromatic carbocycles. The molecule has 1 aliphatic rings. The number of rotatable bonds is 3. The van der Waals surface area contributed by atoms with Gasteiger partial charge in [-0.3, -0.25) is 0 Å². The molecule has 1 aromatic heterocycles. The van der Waals surface area contributed by atoms with E-state index in [-0.39, 0.29) is 18.8 Å². The molecule has 1 aromatic rings. The smallest absolute Gasteiger partial charge is 0.133 e. The van der Waals surface area contributed by atoms with Gasteiger partial charge < -0.3 is 14.7 Å². The highest BCUT2D eigenvalue weighted by atomic mass is 35.5. The summed E-state index contributed by atoms with van der Waals surface area (Å²) in [5, 5.41) is 9.17. The van der Waals surface area contributed by atoms with Gasteiger partial charge in [-0.15, -0.1) is 11.6 Å². The van der Waals surface area contributed by atoms with Crippen molar-refractivity contribution in [2.24, 2.45) is 0 Å². The first-order chi connectivity index (χ1) is 8.26. The summed E-state index contributed by atoms with van der Waals surface area (Å²) in [5.74, 6) is 1.34. The Balaban J connectivity index is 2.24. The Labute approximate surface area is 106 Å². The Morgan fingerprint density at radius 1 is 1.65 bits per heavy atom. The maximum atomic E-state index is 9.17. The molecule has 1 N–H and O–H groups in total. The molecule has 1 fully saturated rings. The van der Waals surface area contributed by atoms with E-state index in [4.69, 9.17) is 16.3 Å². The number of halogens is 1. The van der Waals surface area contributed by atoms with Gasteiger partial charge in [0.2, 0.25) is 0 Å². The van der Waals surface area contributed by atoms with Gasteiger partial charge in [-0.05, 0) is 13.0 Å². The van der Waals surface area contributed by atoms with Gasteiger partial charge >= 0.3 is 0 Å². The normalized spacial score (nSPS) is 25.0. The zero-order chi connectivity index (χ0) is 12.3. The van der Waals surface area contributed by atoms with Crippen molar-refractivity contribution in [2.45, 2.75) is 24.9 Å². The van der Waals surface area contributed by atoms with E-state index in [0.29, 0.717) is 19.0 Å². The highest BCUT2D eigenvalue weighted by molar-refractivity contribution is 6.17. The van der Waals surface area contributed by atoms with Crippen molar-refractivity contribution in [3.05, 3.63) is 23.9 Å². The standard InChI is InChI=1S/C12H17ClN2O2/c1-9-8-17-11(7-16)6-15(9)12-10(5-13)3-2-4-14-12/h2-4,9,11,16H,5-8H2,1H3. The van der Waals surface area contributed by atoms with Crippen LogP contribution < -0.4 is 4.90 Å². The Hall–Kier alpha value is -0.840. The zero-order valence-electron chi connectivity index (χ0n) is 9.84. The number of pyridine rings is 1. The average Bonchev–Trinajstić information content (AvgIpc) is 2.39. The van der Waals surface area contributed by atoms with Crippen LogP contribution in [-0.4, -0.2) is 42.0 Å². The fraction of sp³-hybridized carbons (Fsp3) is 0.583. The molecule has 0 amide bonds. The summed E-state index contributed by atoms with van der Waals surface area (Å²) in [6, 6.07) is 4.11. The highest BCUT2D eigenvalue weighted by Gasteiger charge is 2.27. The molecule has 2 rings (SSSR count). The van der Waals surface area contributed by atoms with Crippen molar-refractivity contribution in [1.29, 1.82) is 0 Å². The third-order valence-corrected chi connectivity index (χ3v) is 3.28. The van der Waals surface area contributed by atoms with Crippen LogP contribution in [0.5, 0.6) is 0 Å². The monoisotopic (exact) mass is 256 g/mol. The molecule has 1 saturated heterocycles. The summed E-state index contributed by atoms with van der Waals surface area (Å²) in [6.45, 7) is 3.37. The van der Waals surface area contributed by atoms with E-state index in [0.717, 1.165) is 11.4 Å². The minimum Gasteiger partial charge on any atom is -0.394 e. The lowest BCUT2D eigenvalue weighted by atomic mass is 10.1. The van der Waals surface area contributed by atoms with Gasteiger partial charge in [0.05, 0.1) is 31.2 Å². The molecule has 0 radical (unpaired) electrons. The number of aliphatic hydroxyl groups is 1. The van der Waals surface area contributed by atoms with Gasteiger partial charge in [-0.2, -0.15) is 0 Å². The van der Waals surface area contributed by atoms with Gasteiger partial charge in [0.1, 0.15) is 5.82 Å². The second-order valence-corrected chi connectivity index (χ2v) is 4.53. The third-order valence-electron chi connectivity index (χ3n) is 2.99. The molecule has 94 valence electrons. The number of ether oxygens (including phenoxy) is 1. The number of hydrogen-bond donors (Lipinski definition) is 1. The molecule has 2 unspecified atom stereocenters. The molecule has 0 aliphatic carbocycles. The maximum Gasteiger partial charge on any atom is 0.133 e. The Morgan fingerprint density at radius 2 is 2.47 bits per heavy atom. The van der Waals surface area contributed by atoms with Gasteiger partial charge in [0, 0.05) is 18.3 Å². The molecule has 1 aliphatic heterocycles. The van der Waals surface area contributed by atoms with Crippen LogP contribution in [0.3, 0.4) is 0 Å². The van der Waals surface area contributed by atoms with E-state index in [9.17, 15) is 5.11 Å². The molecule has 2 heterocycles. The minimum atomic E-state index is -0.142. The van der Waals surface area contributed by atoms with Crippen LogP contribution in [0.15, 0.2) is 18.3 Å². The topological polar surface area (TPSA) is 45.6 Å². The van der Waals surface area contributed by atoms with E-state index in [1.807, 2.05) is 12.1 Å². The number of nitrogens with zero attached hydrogens (tertiary/aromatic N) is 2. The van der Waals surface area contributed by atoms with E-state index in [2.05, 4.69) is 16.8 Å². The summed E-state index contributed by atoms with van der Waals surface area (Å²) in [6.07, 6.45) is 1.62. The van der Waals surface area contributed by atoms with Gasteiger partial charge in [-0.1, -0.05) is 6.07 Å².